The molecule has 1 aliphatic heterocycles. The first kappa shape index (κ1) is 18.3. The van der Waals surface area contributed by atoms with E-state index in [2.05, 4.69) is 41.0 Å². The summed E-state index contributed by atoms with van der Waals surface area (Å²) < 4.78 is 5.37. The van der Waals surface area contributed by atoms with Crippen LogP contribution in [-0.4, -0.2) is 42.2 Å². The molecule has 0 radical (unpaired) electrons. The fourth-order valence-corrected chi connectivity index (χ4v) is 2.83. The third kappa shape index (κ3) is 4.58. The molecule has 0 spiro atoms. The summed E-state index contributed by atoms with van der Waals surface area (Å²) in [5.74, 6) is 1.36. The first-order valence-electron chi connectivity index (χ1n) is 8.97. The number of nitrogens with one attached hydrogen (secondary N) is 1. The first-order chi connectivity index (χ1) is 12.4. The first-order valence-corrected chi connectivity index (χ1v) is 8.97. The highest BCUT2D eigenvalue weighted by Gasteiger charge is 2.15. The van der Waals surface area contributed by atoms with Crippen LogP contribution in [0.2, 0.25) is 0 Å². The van der Waals surface area contributed by atoms with Crippen molar-refractivity contribution in [3.8, 4) is 0 Å². The Balaban J connectivity index is 1.60. The van der Waals surface area contributed by atoms with Gasteiger partial charge in [-0.15, -0.1) is 0 Å². The molecule has 2 aromatic rings. The maximum absolute atomic E-state index is 12.4. The zero-order valence-corrected chi connectivity index (χ0v) is 15.7. The zero-order chi connectivity index (χ0) is 18.6. The van der Waals surface area contributed by atoms with Crippen LogP contribution in [0.15, 0.2) is 36.5 Å². The average molecular weight is 354 g/mol. The number of hydrogen-bond donors (Lipinski definition) is 1. The molecule has 138 valence electrons. The van der Waals surface area contributed by atoms with Crippen molar-refractivity contribution >= 4 is 11.7 Å². The van der Waals surface area contributed by atoms with Crippen LogP contribution < -0.4 is 10.2 Å². The number of rotatable bonds is 4. The van der Waals surface area contributed by atoms with Gasteiger partial charge >= 0.3 is 0 Å². The van der Waals surface area contributed by atoms with Crippen molar-refractivity contribution < 1.29 is 9.53 Å². The molecule has 1 fully saturated rings. The summed E-state index contributed by atoms with van der Waals surface area (Å²) in [4.78, 5) is 23.4. The SMILES string of the molecule is CC(C)(C)c1ccc(C(=O)NCc2nccc(N3CCOCC3)n2)cc1. The maximum Gasteiger partial charge on any atom is 0.251 e. The van der Waals surface area contributed by atoms with Crippen molar-refractivity contribution in [2.24, 2.45) is 0 Å². The minimum atomic E-state index is -0.120. The summed E-state index contributed by atoms with van der Waals surface area (Å²) >= 11 is 0. The number of amides is 1. The van der Waals surface area contributed by atoms with Crippen LogP contribution in [0.5, 0.6) is 0 Å². The van der Waals surface area contributed by atoms with Crippen LogP contribution in [0, 0.1) is 0 Å². The second-order valence-corrected chi connectivity index (χ2v) is 7.44. The Bertz CT molecular complexity index is 747. The quantitative estimate of drug-likeness (QED) is 0.914. The van der Waals surface area contributed by atoms with Crippen molar-refractivity contribution in [1.29, 1.82) is 0 Å². The van der Waals surface area contributed by atoms with Gasteiger partial charge in [0.1, 0.15) is 11.6 Å². The normalized spacial score (nSPS) is 15.0. The van der Waals surface area contributed by atoms with E-state index in [0.717, 1.165) is 18.9 Å². The smallest absolute Gasteiger partial charge is 0.251 e. The zero-order valence-electron chi connectivity index (χ0n) is 15.7. The average Bonchev–Trinajstić information content (AvgIpc) is 2.66. The minimum Gasteiger partial charge on any atom is -0.378 e. The molecule has 1 saturated heterocycles. The van der Waals surface area contributed by atoms with E-state index in [1.807, 2.05) is 30.3 Å². The van der Waals surface area contributed by atoms with E-state index in [0.29, 0.717) is 31.1 Å². The van der Waals surface area contributed by atoms with Gasteiger partial charge in [0.2, 0.25) is 0 Å². The highest BCUT2D eigenvalue weighted by atomic mass is 16.5. The van der Waals surface area contributed by atoms with E-state index in [9.17, 15) is 4.79 Å². The van der Waals surface area contributed by atoms with Gasteiger partial charge in [0.25, 0.3) is 5.91 Å². The van der Waals surface area contributed by atoms with Gasteiger partial charge in [-0.3, -0.25) is 4.79 Å². The minimum absolute atomic E-state index is 0.0722. The second kappa shape index (κ2) is 7.83. The molecule has 0 atom stereocenters. The number of aromatic nitrogens is 2. The molecule has 1 aromatic carbocycles. The monoisotopic (exact) mass is 354 g/mol. The van der Waals surface area contributed by atoms with E-state index in [-0.39, 0.29) is 11.3 Å². The Hall–Kier alpha value is -2.47. The van der Waals surface area contributed by atoms with E-state index < -0.39 is 0 Å². The van der Waals surface area contributed by atoms with Crippen LogP contribution in [0.3, 0.4) is 0 Å². The standard InChI is InChI=1S/C20H26N4O2/c1-20(2,3)16-6-4-15(5-7-16)19(25)22-14-17-21-9-8-18(23-17)24-10-12-26-13-11-24/h4-9H,10-14H2,1-3H3,(H,22,25). The summed E-state index contributed by atoms with van der Waals surface area (Å²) in [7, 11) is 0. The summed E-state index contributed by atoms with van der Waals surface area (Å²) in [6.45, 7) is 9.83. The number of anilines is 1. The van der Waals surface area contributed by atoms with Gasteiger partial charge in [0, 0.05) is 24.8 Å². The van der Waals surface area contributed by atoms with E-state index in [1.165, 1.54) is 5.56 Å². The van der Waals surface area contributed by atoms with Crippen LogP contribution in [-0.2, 0) is 16.7 Å². The van der Waals surface area contributed by atoms with Crippen LogP contribution >= 0.6 is 0 Å². The number of morpholine rings is 1. The molecule has 0 aliphatic carbocycles. The Labute approximate surface area is 154 Å². The van der Waals surface area contributed by atoms with Crippen molar-refractivity contribution in [2.45, 2.75) is 32.7 Å². The number of hydrogen-bond acceptors (Lipinski definition) is 5. The van der Waals surface area contributed by atoms with Crippen molar-refractivity contribution in [3.05, 3.63) is 53.5 Å². The molecule has 1 aromatic heterocycles. The Morgan fingerprint density at radius 2 is 1.85 bits per heavy atom. The molecule has 6 heteroatoms. The molecule has 1 N–H and O–H groups in total. The fraction of sp³-hybridized carbons (Fsp3) is 0.450. The lowest BCUT2D eigenvalue weighted by atomic mass is 9.87. The van der Waals surface area contributed by atoms with Crippen molar-refractivity contribution in [2.75, 3.05) is 31.2 Å². The number of carbonyl (C=O) groups is 1. The Morgan fingerprint density at radius 1 is 1.15 bits per heavy atom. The molecule has 0 bridgehead atoms. The Morgan fingerprint density at radius 3 is 2.50 bits per heavy atom. The molecular weight excluding hydrogens is 328 g/mol. The lowest BCUT2D eigenvalue weighted by Gasteiger charge is -2.27. The van der Waals surface area contributed by atoms with Crippen molar-refractivity contribution in [3.63, 3.8) is 0 Å². The van der Waals surface area contributed by atoms with Crippen LogP contribution in [0.25, 0.3) is 0 Å². The van der Waals surface area contributed by atoms with Gasteiger partial charge in [0.05, 0.1) is 19.8 Å². The summed E-state index contributed by atoms with van der Waals surface area (Å²) in [5.41, 5.74) is 1.92. The van der Waals surface area contributed by atoms with Gasteiger partial charge in [-0.2, -0.15) is 0 Å². The number of ether oxygens (including phenoxy) is 1. The van der Waals surface area contributed by atoms with Gasteiger partial charge in [0.15, 0.2) is 0 Å². The predicted octanol–water partition coefficient (Wildman–Crippen LogP) is 2.54. The van der Waals surface area contributed by atoms with Gasteiger partial charge in [-0.1, -0.05) is 32.9 Å². The number of carbonyl (C=O) groups excluding carboxylic acids is 1. The summed E-state index contributed by atoms with van der Waals surface area (Å²) in [6, 6.07) is 9.62. The predicted molar refractivity (Wildman–Crippen MR) is 101 cm³/mol. The number of benzene rings is 1. The van der Waals surface area contributed by atoms with Gasteiger partial charge in [-0.25, -0.2) is 9.97 Å². The largest absolute Gasteiger partial charge is 0.378 e. The molecule has 1 amide bonds. The highest BCUT2D eigenvalue weighted by molar-refractivity contribution is 5.94. The summed E-state index contributed by atoms with van der Waals surface area (Å²) in [6.07, 6.45) is 1.73. The molecule has 1 aliphatic rings. The molecule has 26 heavy (non-hydrogen) atoms. The molecule has 6 nitrogen and oxygen atoms in total. The van der Waals surface area contributed by atoms with Gasteiger partial charge < -0.3 is 15.0 Å². The van der Waals surface area contributed by atoms with E-state index in [1.54, 1.807) is 6.20 Å². The lowest BCUT2D eigenvalue weighted by molar-refractivity contribution is 0.0950. The number of nitrogens with zero attached hydrogens (tertiary/aromatic N) is 3. The van der Waals surface area contributed by atoms with Crippen molar-refractivity contribution in [1.82, 2.24) is 15.3 Å². The van der Waals surface area contributed by atoms with Crippen LogP contribution in [0.4, 0.5) is 5.82 Å². The molecule has 2 heterocycles. The molecule has 3 rings (SSSR count). The van der Waals surface area contributed by atoms with E-state index >= 15 is 0 Å². The van der Waals surface area contributed by atoms with Crippen LogP contribution in [0.1, 0.15) is 42.5 Å². The third-order valence-electron chi connectivity index (χ3n) is 4.45. The maximum atomic E-state index is 12.4. The topological polar surface area (TPSA) is 67.4 Å². The van der Waals surface area contributed by atoms with Gasteiger partial charge in [-0.05, 0) is 29.2 Å². The Kier molecular flexibility index (Phi) is 5.52. The molecule has 0 saturated carbocycles. The second-order valence-electron chi connectivity index (χ2n) is 7.44. The summed E-state index contributed by atoms with van der Waals surface area (Å²) in [5, 5.41) is 2.90. The van der Waals surface area contributed by atoms with E-state index in [4.69, 9.17) is 4.74 Å². The highest BCUT2D eigenvalue weighted by Crippen LogP contribution is 2.22. The molecular formula is C20H26N4O2. The fourth-order valence-electron chi connectivity index (χ4n) is 2.83. The third-order valence-corrected chi connectivity index (χ3v) is 4.45. The lowest BCUT2D eigenvalue weighted by Crippen LogP contribution is -2.37. The molecule has 0 unspecified atom stereocenters.